The van der Waals surface area contributed by atoms with E-state index in [2.05, 4.69) is 16.7 Å². The average Bonchev–Trinajstić information content (AvgIpc) is 3.29. The van der Waals surface area contributed by atoms with Crippen LogP contribution in [-0.2, 0) is 16.0 Å². The number of aromatic nitrogens is 2. The van der Waals surface area contributed by atoms with Crippen LogP contribution in [0.25, 0.3) is 16.9 Å². The number of hydrogen-bond acceptors (Lipinski definition) is 7. The molecule has 2 aromatic carbocycles. The van der Waals surface area contributed by atoms with Crippen molar-refractivity contribution in [3.05, 3.63) is 71.4 Å². The number of piperazine rings is 1. The number of nitrogens with zero attached hydrogens (tertiary/aromatic N) is 4. The van der Waals surface area contributed by atoms with Gasteiger partial charge in [-0.1, -0.05) is 49.4 Å². The molecule has 0 unspecified atom stereocenters. The first kappa shape index (κ1) is 23.7. The predicted molar refractivity (Wildman–Crippen MR) is 129 cm³/mol. The molecular formula is C26H30N4O4. The van der Waals surface area contributed by atoms with E-state index >= 15 is 0 Å². The van der Waals surface area contributed by atoms with Crippen LogP contribution >= 0.6 is 0 Å². The van der Waals surface area contributed by atoms with Crippen LogP contribution in [0.2, 0.25) is 0 Å². The highest BCUT2D eigenvalue weighted by Crippen LogP contribution is 2.32. The molecule has 1 fully saturated rings. The number of esters is 2. The molecule has 0 saturated carbocycles. The van der Waals surface area contributed by atoms with Crippen LogP contribution in [0, 0.1) is 0 Å². The van der Waals surface area contributed by atoms with E-state index in [4.69, 9.17) is 14.6 Å². The molecule has 0 N–H and O–H groups in total. The van der Waals surface area contributed by atoms with E-state index in [0.717, 1.165) is 50.4 Å². The van der Waals surface area contributed by atoms with Gasteiger partial charge in [-0.25, -0.2) is 14.3 Å². The van der Waals surface area contributed by atoms with Crippen LogP contribution < -0.4 is 0 Å². The maximum absolute atomic E-state index is 13.0. The van der Waals surface area contributed by atoms with Gasteiger partial charge in [0.1, 0.15) is 11.3 Å². The maximum Gasteiger partial charge on any atom is 0.357 e. The van der Waals surface area contributed by atoms with Gasteiger partial charge in [0.05, 0.1) is 19.9 Å². The molecule has 0 radical (unpaired) electrons. The third-order valence-corrected chi connectivity index (χ3v) is 6.23. The molecule has 3 aromatic rings. The predicted octanol–water partition coefficient (Wildman–Crippen LogP) is 3.25. The zero-order valence-electron chi connectivity index (χ0n) is 19.9. The number of likely N-dealkylation sites (N-methyl/N-ethyl adjacent to an activating group) is 1. The second-order valence-corrected chi connectivity index (χ2v) is 8.17. The Morgan fingerprint density at radius 2 is 1.47 bits per heavy atom. The highest BCUT2D eigenvalue weighted by Gasteiger charge is 2.32. The zero-order valence-corrected chi connectivity index (χ0v) is 19.9. The number of ether oxygens (including phenoxy) is 2. The Bertz CT molecular complexity index is 1150. The molecule has 178 valence electrons. The first-order chi connectivity index (χ1) is 16.6. The quantitative estimate of drug-likeness (QED) is 0.499. The van der Waals surface area contributed by atoms with Gasteiger partial charge in [-0.05, 0) is 24.2 Å². The number of carbonyl (C=O) groups is 2. The summed E-state index contributed by atoms with van der Waals surface area (Å²) in [4.78, 5) is 30.6. The summed E-state index contributed by atoms with van der Waals surface area (Å²) >= 11 is 0. The third kappa shape index (κ3) is 4.73. The third-order valence-electron chi connectivity index (χ3n) is 6.23. The summed E-state index contributed by atoms with van der Waals surface area (Å²) in [5.74, 6) is -1.29. The van der Waals surface area contributed by atoms with Gasteiger partial charge in [-0.15, -0.1) is 0 Å². The Morgan fingerprint density at radius 1 is 0.853 bits per heavy atom. The molecule has 0 atom stereocenters. The van der Waals surface area contributed by atoms with Crippen LogP contribution in [0.4, 0.5) is 0 Å². The molecule has 1 aromatic heterocycles. The fourth-order valence-electron chi connectivity index (χ4n) is 4.34. The Kier molecular flexibility index (Phi) is 7.40. The Morgan fingerprint density at radius 3 is 2.12 bits per heavy atom. The molecule has 2 heterocycles. The zero-order chi connectivity index (χ0) is 24.1. The summed E-state index contributed by atoms with van der Waals surface area (Å²) in [7, 11) is 2.58. The van der Waals surface area contributed by atoms with Gasteiger partial charge < -0.3 is 14.4 Å². The Labute approximate surface area is 199 Å². The maximum atomic E-state index is 13.0. The van der Waals surface area contributed by atoms with Crippen LogP contribution in [0.1, 0.15) is 33.3 Å². The lowest BCUT2D eigenvalue weighted by Gasteiger charge is -2.34. The second-order valence-electron chi connectivity index (χ2n) is 8.17. The lowest BCUT2D eigenvalue weighted by Crippen LogP contribution is -2.45. The summed E-state index contributed by atoms with van der Waals surface area (Å²) in [5.41, 5.74) is 3.02. The summed E-state index contributed by atoms with van der Waals surface area (Å²) in [6.07, 6.45) is 0. The van der Waals surface area contributed by atoms with Crippen LogP contribution in [-0.4, -0.2) is 78.5 Å². The molecule has 34 heavy (non-hydrogen) atoms. The molecule has 1 saturated heterocycles. The van der Waals surface area contributed by atoms with Crippen molar-refractivity contribution in [2.45, 2.75) is 13.5 Å². The number of rotatable bonds is 7. The van der Waals surface area contributed by atoms with Gasteiger partial charge >= 0.3 is 11.9 Å². The second kappa shape index (κ2) is 10.6. The largest absolute Gasteiger partial charge is 0.465 e. The van der Waals surface area contributed by atoms with Gasteiger partial charge in [0.15, 0.2) is 5.69 Å². The van der Waals surface area contributed by atoms with Crippen molar-refractivity contribution in [3.8, 4) is 16.9 Å². The van der Waals surface area contributed by atoms with Crippen molar-refractivity contribution in [2.75, 3.05) is 46.9 Å². The minimum absolute atomic E-state index is 0.0434. The number of para-hydroxylation sites is 1. The molecule has 1 aliphatic heterocycles. The fourth-order valence-corrected chi connectivity index (χ4v) is 4.34. The van der Waals surface area contributed by atoms with Gasteiger partial charge in [0.25, 0.3) is 0 Å². The molecule has 4 rings (SSSR count). The summed E-state index contributed by atoms with van der Waals surface area (Å²) in [5, 5.41) is 4.76. The van der Waals surface area contributed by atoms with Crippen molar-refractivity contribution >= 4 is 11.9 Å². The lowest BCUT2D eigenvalue weighted by atomic mass is 9.99. The smallest absolute Gasteiger partial charge is 0.357 e. The number of carbonyl (C=O) groups excluding carboxylic acids is 2. The van der Waals surface area contributed by atoms with Gasteiger partial charge in [-0.2, -0.15) is 5.10 Å². The normalized spacial score (nSPS) is 14.7. The van der Waals surface area contributed by atoms with Crippen LogP contribution in [0.3, 0.4) is 0 Å². The van der Waals surface area contributed by atoms with Crippen molar-refractivity contribution in [1.82, 2.24) is 19.6 Å². The van der Waals surface area contributed by atoms with E-state index in [9.17, 15) is 9.59 Å². The van der Waals surface area contributed by atoms with Crippen LogP contribution in [0.15, 0.2) is 54.6 Å². The molecule has 0 bridgehead atoms. The van der Waals surface area contributed by atoms with E-state index in [1.165, 1.54) is 18.9 Å². The monoisotopic (exact) mass is 462 g/mol. The van der Waals surface area contributed by atoms with Crippen molar-refractivity contribution < 1.29 is 19.1 Å². The van der Waals surface area contributed by atoms with E-state index in [-0.39, 0.29) is 11.3 Å². The Balaban J connectivity index is 1.83. The Hall–Kier alpha value is -3.49. The number of hydrogen-bond donors (Lipinski definition) is 0. The average molecular weight is 463 g/mol. The standard InChI is InChI=1S/C26H30N4O4/c1-4-28-14-16-29(17-15-28)18-19-10-8-9-13-21(19)23-22(25(31)33-2)24(26(32)34-3)30(27-23)20-11-6-5-7-12-20/h5-13H,4,14-18H2,1-3H3. The number of methoxy groups -OCH3 is 2. The van der Waals surface area contributed by atoms with Gasteiger partial charge in [0, 0.05) is 38.3 Å². The van der Waals surface area contributed by atoms with Crippen molar-refractivity contribution in [2.24, 2.45) is 0 Å². The van der Waals surface area contributed by atoms with Crippen molar-refractivity contribution in [1.29, 1.82) is 0 Å². The van der Waals surface area contributed by atoms with Gasteiger partial charge in [-0.3, -0.25) is 4.90 Å². The molecule has 8 nitrogen and oxygen atoms in total. The molecular weight excluding hydrogens is 432 g/mol. The number of benzene rings is 2. The van der Waals surface area contributed by atoms with Crippen molar-refractivity contribution in [3.63, 3.8) is 0 Å². The highest BCUT2D eigenvalue weighted by molar-refractivity contribution is 6.07. The van der Waals surface area contributed by atoms with E-state index in [1.807, 2.05) is 54.6 Å². The summed E-state index contributed by atoms with van der Waals surface area (Å²) in [6, 6.07) is 17.1. The highest BCUT2D eigenvalue weighted by atomic mass is 16.5. The van der Waals surface area contributed by atoms with Crippen LogP contribution in [0.5, 0.6) is 0 Å². The van der Waals surface area contributed by atoms with E-state index < -0.39 is 11.9 Å². The minimum atomic E-state index is -0.656. The molecule has 1 aliphatic rings. The first-order valence-electron chi connectivity index (χ1n) is 11.4. The summed E-state index contributed by atoms with van der Waals surface area (Å²) < 4.78 is 11.6. The molecule has 0 spiro atoms. The van der Waals surface area contributed by atoms with E-state index in [1.54, 1.807) is 0 Å². The molecule has 0 aliphatic carbocycles. The van der Waals surface area contributed by atoms with Gasteiger partial charge in [0.2, 0.25) is 0 Å². The fraction of sp³-hybridized carbons (Fsp3) is 0.346. The van der Waals surface area contributed by atoms with E-state index in [0.29, 0.717) is 11.4 Å². The minimum Gasteiger partial charge on any atom is -0.465 e. The summed E-state index contributed by atoms with van der Waals surface area (Å²) in [6.45, 7) is 7.96. The molecule has 0 amide bonds. The molecule has 8 heteroatoms. The SMILES string of the molecule is CCN1CCN(Cc2ccccc2-c2nn(-c3ccccc3)c(C(=O)OC)c2C(=O)OC)CC1. The lowest BCUT2D eigenvalue weighted by molar-refractivity contribution is 0.0549. The topological polar surface area (TPSA) is 76.9 Å². The first-order valence-corrected chi connectivity index (χ1v) is 11.4.